The van der Waals surface area contributed by atoms with E-state index in [0.29, 0.717) is 5.82 Å². The molecule has 0 spiro atoms. The van der Waals surface area contributed by atoms with Crippen LogP contribution in [-0.4, -0.2) is 23.3 Å². The van der Waals surface area contributed by atoms with Crippen LogP contribution in [0.5, 0.6) is 0 Å². The van der Waals surface area contributed by atoms with Crippen LogP contribution in [0.15, 0.2) is 5.03 Å². The predicted molar refractivity (Wildman–Crippen MR) is 52.8 cm³/mol. The van der Waals surface area contributed by atoms with Gasteiger partial charge < -0.3 is 11.1 Å². The predicted octanol–water partition coefficient (Wildman–Crippen LogP) is 1.48. The van der Waals surface area contributed by atoms with Crippen molar-refractivity contribution in [3.8, 4) is 0 Å². The summed E-state index contributed by atoms with van der Waals surface area (Å²) < 4.78 is 0. The number of nitrogens with one attached hydrogen (secondary N) is 1. The summed E-state index contributed by atoms with van der Waals surface area (Å²) >= 11 is 7.08. The van der Waals surface area contributed by atoms with Gasteiger partial charge >= 0.3 is 0 Å². The number of hydrogen-bond donors (Lipinski definition) is 2. The molecule has 0 aromatic carbocycles. The Balaban J connectivity index is 3.24. The normalized spacial score (nSPS) is 9.92. The number of halogens is 1. The van der Waals surface area contributed by atoms with E-state index in [2.05, 4.69) is 15.3 Å². The molecule has 66 valence electrons. The number of aromatic nitrogens is 2. The highest BCUT2D eigenvalue weighted by Gasteiger charge is 2.08. The number of thioether (sulfide) groups is 1. The van der Waals surface area contributed by atoms with E-state index in [9.17, 15) is 0 Å². The van der Waals surface area contributed by atoms with Crippen LogP contribution >= 0.6 is 23.4 Å². The van der Waals surface area contributed by atoms with E-state index in [0.717, 1.165) is 10.7 Å². The minimum atomic E-state index is 0.177. The topological polar surface area (TPSA) is 63.8 Å². The number of hydrogen-bond acceptors (Lipinski definition) is 5. The SMILES string of the molecule is CNc1c(N)nc(Cl)nc1SC. The lowest BCUT2D eigenvalue weighted by Crippen LogP contribution is -2.02. The molecule has 1 rings (SSSR count). The highest BCUT2D eigenvalue weighted by Crippen LogP contribution is 2.28. The molecule has 0 aliphatic carbocycles. The number of nitrogen functional groups attached to an aromatic ring is 1. The molecule has 0 amide bonds. The van der Waals surface area contributed by atoms with Gasteiger partial charge in [0.2, 0.25) is 5.28 Å². The van der Waals surface area contributed by atoms with E-state index < -0.39 is 0 Å². The van der Waals surface area contributed by atoms with Crippen LogP contribution in [0.4, 0.5) is 11.5 Å². The molecule has 0 saturated carbocycles. The van der Waals surface area contributed by atoms with Crippen LogP contribution in [0.25, 0.3) is 0 Å². The molecule has 4 nitrogen and oxygen atoms in total. The Hall–Kier alpha value is -0.680. The minimum Gasteiger partial charge on any atom is -0.383 e. The third-order valence-corrected chi connectivity index (χ3v) is 2.17. The Kier molecular flexibility index (Phi) is 2.99. The molecule has 0 bridgehead atoms. The van der Waals surface area contributed by atoms with Gasteiger partial charge in [0.1, 0.15) is 10.7 Å². The molecule has 0 fully saturated rings. The van der Waals surface area contributed by atoms with E-state index in [1.54, 1.807) is 7.05 Å². The van der Waals surface area contributed by atoms with Crippen molar-refractivity contribution in [2.75, 3.05) is 24.4 Å². The van der Waals surface area contributed by atoms with Gasteiger partial charge in [-0.1, -0.05) is 0 Å². The average Bonchev–Trinajstić information content (AvgIpc) is 2.03. The van der Waals surface area contributed by atoms with Gasteiger partial charge in [0.15, 0.2) is 5.82 Å². The summed E-state index contributed by atoms with van der Waals surface area (Å²) in [6.45, 7) is 0. The molecule has 1 aromatic rings. The molecular weight excluding hydrogens is 196 g/mol. The second-order valence-electron chi connectivity index (χ2n) is 2.01. The van der Waals surface area contributed by atoms with E-state index in [4.69, 9.17) is 17.3 Å². The molecule has 0 aliphatic rings. The van der Waals surface area contributed by atoms with Gasteiger partial charge in [-0.05, 0) is 17.9 Å². The summed E-state index contributed by atoms with van der Waals surface area (Å²) in [6.07, 6.45) is 1.90. The number of nitrogens with two attached hydrogens (primary N) is 1. The average molecular weight is 205 g/mol. The zero-order valence-electron chi connectivity index (χ0n) is 6.76. The molecule has 0 radical (unpaired) electrons. The van der Waals surface area contributed by atoms with Gasteiger partial charge in [-0.25, -0.2) is 4.98 Å². The van der Waals surface area contributed by atoms with Crippen molar-refractivity contribution < 1.29 is 0 Å². The minimum absolute atomic E-state index is 0.177. The first-order valence-corrected chi connectivity index (χ1v) is 4.84. The number of anilines is 2. The van der Waals surface area contributed by atoms with E-state index in [1.165, 1.54) is 11.8 Å². The first-order chi connectivity index (χ1) is 5.69. The van der Waals surface area contributed by atoms with Gasteiger partial charge in [0.05, 0.1) is 0 Å². The van der Waals surface area contributed by atoms with Crippen LogP contribution in [0.2, 0.25) is 5.28 Å². The highest BCUT2D eigenvalue weighted by molar-refractivity contribution is 7.98. The zero-order chi connectivity index (χ0) is 9.14. The fourth-order valence-electron chi connectivity index (χ4n) is 0.812. The molecule has 1 aromatic heterocycles. The quantitative estimate of drug-likeness (QED) is 0.434. The maximum Gasteiger partial charge on any atom is 0.225 e. The van der Waals surface area contributed by atoms with Crippen LogP contribution in [-0.2, 0) is 0 Å². The van der Waals surface area contributed by atoms with Crippen molar-refractivity contribution in [2.24, 2.45) is 0 Å². The van der Waals surface area contributed by atoms with E-state index in [1.807, 2.05) is 6.26 Å². The molecule has 0 aliphatic heterocycles. The Bertz CT molecular complexity index is 291. The Morgan fingerprint density at radius 2 is 2.17 bits per heavy atom. The van der Waals surface area contributed by atoms with Crippen molar-refractivity contribution in [3.05, 3.63) is 5.28 Å². The maximum absolute atomic E-state index is 5.61. The van der Waals surface area contributed by atoms with Gasteiger partial charge in [0, 0.05) is 7.05 Å². The second-order valence-corrected chi connectivity index (χ2v) is 3.15. The van der Waals surface area contributed by atoms with Gasteiger partial charge in [0.25, 0.3) is 0 Å². The summed E-state index contributed by atoms with van der Waals surface area (Å²) in [5.74, 6) is 0.377. The first-order valence-electron chi connectivity index (χ1n) is 3.23. The van der Waals surface area contributed by atoms with Gasteiger partial charge in [-0.2, -0.15) is 4.98 Å². The lowest BCUT2D eigenvalue weighted by molar-refractivity contribution is 1.06. The maximum atomic E-state index is 5.61. The van der Waals surface area contributed by atoms with E-state index >= 15 is 0 Å². The van der Waals surface area contributed by atoms with Crippen LogP contribution in [0, 0.1) is 0 Å². The summed E-state index contributed by atoms with van der Waals surface area (Å²) in [4.78, 5) is 7.81. The monoisotopic (exact) mass is 204 g/mol. The summed E-state index contributed by atoms with van der Waals surface area (Å²) in [6, 6.07) is 0. The molecule has 3 N–H and O–H groups in total. The van der Waals surface area contributed by atoms with Crippen molar-refractivity contribution in [1.29, 1.82) is 0 Å². The van der Waals surface area contributed by atoms with Crippen molar-refractivity contribution in [1.82, 2.24) is 9.97 Å². The molecule has 0 saturated heterocycles. The smallest absolute Gasteiger partial charge is 0.225 e. The van der Waals surface area contributed by atoms with Gasteiger partial charge in [-0.3, -0.25) is 0 Å². The molecule has 0 unspecified atom stereocenters. The summed E-state index contributed by atoms with van der Waals surface area (Å²) in [5.41, 5.74) is 6.33. The fraction of sp³-hybridized carbons (Fsp3) is 0.333. The first kappa shape index (κ1) is 9.41. The molecular formula is C6H9ClN4S. The van der Waals surface area contributed by atoms with Crippen molar-refractivity contribution >= 4 is 34.9 Å². The van der Waals surface area contributed by atoms with Crippen molar-refractivity contribution in [2.45, 2.75) is 5.03 Å². The lowest BCUT2D eigenvalue weighted by Gasteiger charge is -2.07. The molecule has 12 heavy (non-hydrogen) atoms. The second kappa shape index (κ2) is 3.82. The van der Waals surface area contributed by atoms with Crippen molar-refractivity contribution in [3.63, 3.8) is 0 Å². The Labute approximate surface area is 79.9 Å². The third-order valence-electron chi connectivity index (χ3n) is 1.32. The highest BCUT2D eigenvalue weighted by atomic mass is 35.5. The molecule has 1 heterocycles. The van der Waals surface area contributed by atoms with Crippen LogP contribution in [0.3, 0.4) is 0 Å². The van der Waals surface area contributed by atoms with Crippen LogP contribution < -0.4 is 11.1 Å². The summed E-state index contributed by atoms with van der Waals surface area (Å²) in [5, 5.41) is 3.85. The summed E-state index contributed by atoms with van der Waals surface area (Å²) in [7, 11) is 1.77. The largest absolute Gasteiger partial charge is 0.383 e. The standard InChI is InChI=1S/C6H9ClN4S/c1-9-3-4(8)10-6(7)11-5(3)12-2/h9H,1-2H3,(H2,8,10,11). The molecule has 0 atom stereocenters. The molecule has 6 heteroatoms. The van der Waals surface area contributed by atoms with E-state index in [-0.39, 0.29) is 5.28 Å². The number of nitrogens with zero attached hydrogens (tertiary/aromatic N) is 2. The fourth-order valence-corrected chi connectivity index (χ4v) is 1.63. The van der Waals surface area contributed by atoms with Gasteiger partial charge in [-0.15, -0.1) is 11.8 Å². The van der Waals surface area contributed by atoms with Crippen LogP contribution in [0.1, 0.15) is 0 Å². The zero-order valence-corrected chi connectivity index (χ0v) is 8.33. The third kappa shape index (κ3) is 1.73. The number of rotatable bonds is 2. The Morgan fingerprint density at radius 1 is 1.50 bits per heavy atom. The Morgan fingerprint density at radius 3 is 2.67 bits per heavy atom. The lowest BCUT2D eigenvalue weighted by atomic mass is 10.5.